The standard InChI is InChI=1S/C16H20O3/c1-2-19-16(17)12-8-3-4-9-13-18-14-15-10-6-5-7-11-15/h3-8,10-12H,2,9,13-14H2,1H3/b4-3+,12-8+. The minimum atomic E-state index is -0.313. The maximum absolute atomic E-state index is 11.0. The molecule has 0 saturated heterocycles. The topological polar surface area (TPSA) is 35.5 Å². The second-order valence-corrected chi connectivity index (χ2v) is 3.87. The van der Waals surface area contributed by atoms with E-state index in [1.807, 2.05) is 42.5 Å². The molecule has 19 heavy (non-hydrogen) atoms. The van der Waals surface area contributed by atoms with E-state index >= 15 is 0 Å². The quantitative estimate of drug-likeness (QED) is 0.311. The van der Waals surface area contributed by atoms with Crippen LogP contribution in [0.2, 0.25) is 0 Å². The maximum Gasteiger partial charge on any atom is 0.330 e. The zero-order valence-electron chi connectivity index (χ0n) is 11.2. The van der Waals surface area contributed by atoms with Gasteiger partial charge in [-0.2, -0.15) is 0 Å². The van der Waals surface area contributed by atoms with Crippen molar-refractivity contribution in [2.45, 2.75) is 20.0 Å². The summed E-state index contributed by atoms with van der Waals surface area (Å²) in [6.07, 6.45) is 7.68. The number of esters is 1. The maximum atomic E-state index is 11.0. The molecule has 1 aromatic carbocycles. The van der Waals surface area contributed by atoms with Crippen LogP contribution in [0, 0.1) is 0 Å². The number of benzene rings is 1. The first kappa shape index (κ1) is 15.2. The zero-order valence-corrected chi connectivity index (χ0v) is 11.2. The van der Waals surface area contributed by atoms with E-state index in [2.05, 4.69) is 0 Å². The van der Waals surface area contributed by atoms with Gasteiger partial charge in [0, 0.05) is 6.08 Å². The van der Waals surface area contributed by atoms with Crippen LogP contribution in [0.1, 0.15) is 18.9 Å². The van der Waals surface area contributed by atoms with E-state index < -0.39 is 0 Å². The summed E-state index contributed by atoms with van der Waals surface area (Å²) in [5, 5.41) is 0. The number of carbonyl (C=O) groups is 1. The van der Waals surface area contributed by atoms with Gasteiger partial charge in [0.1, 0.15) is 0 Å². The van der Waals surface area contributed by atoms with Gasteiger partial charge in [0.05, 0.1) is 19.8 Å². The smallest absolute Gasteiger partial charge is 0.330 e. The fraction of sp³-hybridized carbons (Fsp3) is 0.312. The van der Waals surface area contributed by atoms with Crippen LogP contribution in [0.4, 0.5) is 0 Å². The van der Waals surface area contributed by atoms with Crippen LogP contribution in [0.3, 0.4) is 0 Å². The van der Waals surface area contributed by atoms with Crippen molar-refractivity contribution in [2.75, 3.05) is 13.2 Å². The Morgan fingerprint density at radius 1 is 1.21 bits per heavy atom. The Hall–Kier alpha value is -1.87. The van der Waals surface area contributed by atoms with Crippen molar-refractivity contribution in [2.24, 2.45) is 0 Å². The second-order valence-electron chi connectivity index (χ2n) is 3.87. The summed E-state index contributed by atoms with van der Waals surface area (Å²) in [6.45, 7) is 3.48. The zero-order chi connectivity index (χ0) is 13.8. The summed E-state index contributed by atoms with van der Waals surface area (Å²) in [5.41, 5.74) is 1.17. The predicted molar refractivity (Wildman–Crippen MR) is 75.6 cm³/mol. The summed E-state index contributed by atoms with van der Waals surface area (Å²) in [7, 11) is 0. The Kier molecular flexibility index (Phi) is 8.07. The molecule has 0 bridgehead atoms. The fourth-order valence-corrected chi connectivity index (χ4v) is 1.41. The molecular formula is C16H20O3. The number of allylic oxidation sites excluding steroid dienone is 2. The van der Waals surface area contributed by atoms with E-state index in [1.165, 1.54) is 11.6 Å². The highest BCUT2D eigenvalue weighted by Crippen LogP contribution is 2.00. The molecule has 0 aromatic heterocycles. The Labute approximate surface area is 114 Å². The highest BCUT2D eigenvalue weighted by Gasteiger charge is 1.91. The molecule has 1 aromatic rings. The number of hydrogen-bond donors (Lipinski definition) is 0. The molecular weight excluding hydrogens is 240 g/mol. The summed E-state index contributed by atoms with van der Waals surface area (Å²) in [5.74, 6) is -0.313. The van der Waals surface area contributed by atoms with E-state index in [-0.39, 0.29) is 5.97 Å². The van der Waals surface area contributed by atoms with Gasteiger partial charge in [-0.25, -0.2) is 4.79 Å². The van der Waals surface area contributed by atoms with Crippen molar-refractivity contribution in [1.29, 1.82) is 0 Å². The van der Waals surface area contributed by atoms with Gasteiger partial charge in [-0.15, -0.1) is 0 Å². The van der Waals surface area contributed by atoms with Crippen LogP contribution >= 0.6 is 0 Å². The molecule has 3 nitrogen and oxygen atoms in total. The van der Waals surface area contributed by atoms with Crippen molar-refractivity contribution < 1.29 is 14.3 Å². The van der Waals surface area contributed by atoms with Gasteiger partial charge in [0.15, 0.2) is 0 Å². The van der Waals surface area contributed by atoms with Crippen molar-refractivity contribution in [3.8, 4) is 0 Å². The van der Waals surface area contributed by atoms with Crippen LogP contribution in [0.15, 0.2) is 54.6 Å². The average molecular weight is 260 g/mol. The molecule has 0 aliphatic carbocycles. The normalized spacial score (nSPS) is 11.2. The molecule has 3 heteroatoms. The Morgan fingerprint density at radius 2 is 2.00 bits per heavy atom. The number of rotatable bonds is 8. The monoisotopic (exact) mass is 260 g/mol. The lowest BCUT2D eigenvalue weighted by molar-refractivity contribution is -0.137. The molecule has 0 heterocycles. The highest BCUT2D eigenvalue weighted by atomic mass is 16.5. The first-order chi connectivity index (χ1) is 9.33. The van der Waals surface area contributed by atoms with Crippen LogP contribution in [-0.2, 0) is 20.9 Å². The second kappa shape index (κ2) is 10.1. The van der Waals surface area contributed by atoms with Crippen molar-refractivity contribution in [1.82, 2.24) is 0 Å². The van der Waals surface area contributed by atoms with Crippen molar-refractivity contribution in [3.05, 3.63) is 60.2 Å². The molecule has 0 saturated carbocycles. The molecule has 0 atom stereocenters. The Balaban J connectivity index is 2.06. The lowest BCUT2D eigenvalue weighted by atomic mass is 10.2. The third-order valence-electron chi connectivity index (χ3n) is 2.31. The summed E-state index contributed by atoms with van der Waals surface area (Å²) in [6, 6.07) is 10.1. The van der Waals surface area contributed by atoms with Crippen molar-refractivity contribution >= 4 is 5.97 Å². The van der Waals surface area contributed by atoms with E-state index in [4.69, 9.17) is 9.47 Å². The number of ether oxygens (including phenoxy) is 2. The molecule has 1 rings (SSSR count). The molecule has 0 fully saturated rings. The molecule has 0 aliphatic heterocycles. The van der Waals surface area contributed by atoms with Gasteiger partial charge >= 0.3 is 5.97 Å². The minimum absolute atomic E-state index is 0.313. The summed E-state index contributed by atoms with van der Waals surface area (Å²) < 4.78 is 10.3. The van der Waals surface area contributed by atoms with E-state index in [0.717, 1.165) is 6.42 Å². The molecule has 0 spiro atoms. The van der Waals surface area contributed by atoms with Gasteiger partial charge in [0.2, 0.25) is 0 Å². The van der Waals surface area contributed by atoms with Gasteiger partial charge in [-0.05, 0) is 18.9 Å². The van der Waals surface area contributed by atoms with Gasteiger partial charge < -0.3 is 9.47 Å². The third-order valence-corrected chi connectivity index (χ3v) is 2.31. The molecule has 0 N–H and O–H groups in total. The van der Waals surface area contributed by atoms with Crippen LogP contribution in [0.25, 0.3) is 0 Å². The third kappa shape index (κ3) is 7.95. The Bertz CT molecular complexity index is 407. The molecule has 0 aliphatic rings. The highest BCUT2D eigenvalue weighted by molar-refractivity contribution is 5.82. The predicted octanol–water partition coefficient (Wildman–Crippen LogP) is 3.27. The van der Waals surface area contributed by atoms with Crippen molar-refractivity contribution in [3.63, 3.8) is 0 Å². The number of carbonyl (C=O) groups excluding carboxylic acids is 1. The average Bonchev–Trinajstić information content (AvgIpc) is 2.43. The Morgan fingerprint density at radius 3 is 2.74 bits per heavy atom. The molecule has 0 unspecified atom stereocenters. The van der Waals surface area contributed by atoms with E-state index in [1.54, 1.807) is 13.0 Å². The van der Waals surface area contributed by atoms with Crippen LogP contribution in [-0.4, -0.2) is 19.2 Å². The number of hydrogen-bond acceptors (Lipinski definition) is 3. The SMILES string of the molecule is CCOC(=O)/C=C/C=C/CCOCc1ccccc1. The van der Waals surface area contributed by atoms with Gasteiger partial charge in [0.25, 0.3) is 0 Å². The van der Waals surface area contributed by atoms with E-state index in [0.29, 0.717) is 19.8 Å². The summed E-state index contributed by atoms with van der Waals surface area (Å²) >= 11 is 0. The molecule has 102 valence electrons. The lowest BCUT2D eigenvalue weighted by Crippen LogP contribution is -1.98. The largest absolute Gasteiger partial charge is 0.463 e. The first-order valence-corrected chi connectivity index (χ1v) is 6.44. The summed E-state index contributed by atoms with van der Waals surface area (Å²) in [4.78, 5) is 11.0. The molecule has 0 amide bonds. The first-order valence-electron chi connectivity index (χ1n) is 6.44. The minimum Gasteiger partial charge on any atom is -0.463 e. The van der Waals surface area contributed by atoms with Crippen LogP contribution < -0.4 is 0 Å². The lowest BCUT2D eigenvalue weighted by Gasteiger charge is -2.01. The fourth-order valence-electron chi connectivity index (χ4n) is 1.41. The van der Waals surface area contributed by atoms with Gasteiger partial charge in [-0.1, -0.05) is 48.6 Å². The van der Waals surface area contributed by atoms with E-state index in [9.17, 15) is 4.79 Å². The van der Waals surface area contributed by atoms with Gasteiger partial charge in [-0.3, -0.25) is 0 Å². The van der Waals surface area contributed by atoms with Crippen LogP contribution in [0.5, 0.6) is 0 Å². The molecule has 0 radical (unpaired) electrons.